The highest BCUT2D eigenvalue weighted by Gasteiger charge is 2.13. The van der Waals surface area contributed by atoms with Crippen LogP contribution in [0.25, 0.3) is 0 Å². The van der Waals surface area contributed by atoms with Gasteiger partial charge in [0.05, 0.1) is 0 Å². The van der Waals surface area contributed by atoms with E-state index in [1.54, 1.807) is 12.3 Å². The minimum atomic E-state index is -0.260. The number of amides is 1. The second-order valence-corrected chi connectivity index (χ2v) is 6.90. The summed E-state index contributed by atoms with van der Waals surface area (Å²) in [5, 5.41) is 6.07. The molecular weight excluding hydrogens is 350 g/mol. The number of para-hydroxylation sites is 1. The summed E-state index contributed by atoms with van der Waals surface area (Å²) in [5.41, 5.74) is 4.26. The quantitative estimate of drug-likeness (QED) is 0.694. The Labute approximate surface area is 164 Å². The van der Waals surface area contributed by atoms with Crippen molar-refractivity contribution in [2.45, 2.75) is 19.8 Å². The molecule has 1 saturated heterocycles. The standard InChI is InChI=1S/C22H23N5O/c1-16-6-2-3-7-19(16)25-22-23-13-12-20(26-22)21(28)24-17-8-10-18(11-9-17)27-14-4-5-15-27/h2-3,6-13H,4-5,14-15H2,1H3,(H,24,28)(H,23,25,26). The van der Waals surface area contributed by atoms with E-state index in [1.807, 2.05) is 55.5 Å². The summed E-state index contributed by atoms with van der Waals surface area (Å²) < 4.78 is 0. The molecule has 6 nitrogen and oxygen atoms in total. The van der Waals surface area contributed by atoms with Crippen molar-refractivity contribution >= 4 is 28.9 Å². The molecule has 142 valence electrons. The Hall–Kier alpha value is -3.41. The smallest absolute Gasteiger partial charge is 0.274 e. The van der Waals surface area contributed by atoms with E-state index in [9.17, 15) is 4.79 Å². The SMILES string of the molecule is Cc1ccccc1Nc1nccc(C(=O)Nc2ccc(N3CCCC3)cc2)n1. The molecule has 28 heavy (non-hydrogen) atoms. The molecule has 1 fully saturated rings. The Morgan fingerprint density at radius 1 is 1.00 bits per heavy atom. The number of hydrogen-bond donors (Lipinski definition) is 2. The van der Waals surface area contributed by atoms with E-state index >= 15 is 0 Å². The maximum atomic E-state index is 12.6. The maximum Gasteiger partial charge on any atom is 0.274 e. The van der Waals surface area contributed by atoms with Crippen molar-refractivity contribution in [3.63, 3.8) is 0 Å². The molecule has 4 rings (SSSR count). The molecule has 0 unspecified atom stereocenters. The van der Waals surface area contributed by atoms with Gasteiger partial charge in [-0.3, -0.25) is 4.79 Å². The third kappa shape index (κ3) is 4.11. The van der Waals surface area contributed by atoms with Crippen molar-refractivity contribution in [2.24, 2.45) is 0 Å². The molecule has 1 aliphatic heterocycles. The fraction of sp³-hybridized carbons (Fsp3) is 0.227. The van der Waals surface area contributed by atoms with E-state index < -0.39 is 0 Å². The zero-order chi connectivity index (χ0) is 19.3. The molecule has 2 aromatic carbocycles. The summed E-state index contributed by atoms with van der Waals surface area (Å²) in [6.45, 7) is 4.21. The number of carbonyl (C=O) groups excluding carboxylic acids is 1. The minimum Gasteiger partial charge on any atom is -0.372 e. The number of benzene rings is 2. The molecule has 0 atom stereocenters. The Balaban J connectivity index is 1.44. The van der Waals surface area contributed by atoms with Crippen LogP contribution in [0.5, 0.6) is 0 Å². The highest BCUT2D eigenvalue weighted by molar-refractivity contribution is 6.03. The number of rotatable bonds is 5. The van der Waals surface area contributed by atoms with Crippen LogP contribution in [0.15, 0.2) is 60.8 Å². The first kappa shape index (κ1) is 18.0. The van der Waals surface area contributed by atoms with Gasteiger partial charge >= 0.3 is 0 Å². The molecule has 0 radical (unpaired) electrons. The van der Waals surface area contributed by atoms with E-state index in [0.717, 1.165) is 30.0 Å². The fourth-order valence-electron chi connectivity index (χ4n) is 3.31. The number of hydrogen-bond acceptors (Lipinski definition) is 5. The van der Waals surface area contributed by atoms with Crippen LogP contribution in [-0.4, -0.2) is 29.0 Å². The fourth-order valence-corrected chi connectivity index (χ4v) is 3.31. The van der Waals surface area contributed by atoms with Crippen LogP contribution in [0.4, 0.5) is 23.0 Å². The van der Waals surface area contributed by atoms with Crippen LogP contribution >= 0.6 is 0 Å². The normalized spacial score (nSPS) is 13.4. The first-order valence-electron chi connectivity index (χ1n) is 9.51. The molecular formula is C22H23N5O. The van der Waals surface area contributed by atoms with E-state index in [2.05, 4.69) is 25.5 Å². The molecule has 1 aromatic heterocycles. The number of nitrogens with zero attached hydrogens (tertiary/aromatic N) is 3. The van der Waals surface area contributed by atoms with Gasteiger partial charge in [-0.1, -0.05) is 18.2 Å². The number of anilines is 4. The maximum absolute atomic E-state index is 12.6. The summed E-state index contributed by atoms with van der Waals surface area (Å²) in [5.74, 6) is 0.135. The number of aromatic nitrogens is 2. The van der Waals surface area contributed by atoms with Crippen LogP contribution in [0, 0.1) is 6.92 Å². The molecule has 1 aliphatic rings. The van der Waals surface area contributed by atoms with Gasteiger partial charge in [0.25, 0.3) is 5.91 Å². The van der Waals surface area contributed by atoms with Gasteiger partial charge in [-0.2, -0.15) is 0 Å². The van der Waals surface area contributed by atoms with Gasteiger partial charge in [0.1, 0.15) is 5.69 Å². The largest absolute Gasteiger partial charge is 0.372 e. The monoisotopic (exact) mass is 373 g/mol. The van der Waals surface area contributed by atoms with E-state index in [-0.39, 0.29) is 5.91 Å². The van der Waals surface area contributed by atoms with Crippen molar-refractivity contribution in [1.29, 1.82) is 0 Å². The summed E-state index contributed by atoms with van der Waals surface area (Å²) in [4.78, 5) is 23.5. The first-order valence-corrected chi connectivity index (χ1v) is 9.51. The minimum absolute atomic E-state index is 0.260. The van der Waals surface area contributed by atoms with Gasteiger partial charge in [0.2, 0.25) is 5.95 Å². The molecule has 0 spiro atoms. The molecule has 2 N–H and O–H groups in total. The molecule has 0 bridgehead atoms. The van der Waals surface area contributed by atoms with Gasteiger partial charge < -0.3 is 15.5 Å². The number of aryl methyl sites for hydroxylation is 1. The van der Waals surface area contributed by atoms with Gasteiger partial charge in [0.15, 0.2) is 0 Å². The molecule has 0 saturated carbocycles. The Morgan fingerprint density at radius 2 is 1.75 bits per heavy atom. The van der Waals surface area contributed by atoms with Crippen molar-refractivity contribution in [2.75, 3.05) is 28.6 Å². The number of carbonyl (C=O) groups is 1. The predicted molar refractivity (Wildman–Crippen MR) is 112 cm³/mol. The van der Waals surface area contributed by atoms with E-state index in [0.29, 0.717) is 11.6 Å². The summed E-state index contributed by atoms with van der Waals surface area (Å²) >= 11 is 0. The summed E-state index contributed by atoms with van der Waals surface area (Å²) in [7, 11) is 0. The highest BCUT2D eigenvalue weighted by atomic mass is 16.1. The second kappa shape index (κ2) is 8.08. The molecule has 6 heteroatoms. The second-order valence-electron chi connectivity index (χ2n) is 6.90. The van der Waals surface area contributed by atoms with Crippen molar-refractivity contribution in [3.8, 4) is 0 Å². The van der Waals surface area contributed by atoms with Crippen LogP contribution < -0.4 is 15.5 Å². The van der Waals surface area contributed by atoms with Gasteiger partial charge in [-0.15, -0.1) is 0 Å². The summed E-state index contributed by atoms with van der Waals surface area (Å²) in [6.07, 6.45) is 4.06. The number of nitrogens with one attached hydrogen (secondary N) is 2. The Bertz CT molecular complexity index is 965. The van der Waals surface area contributed by atoms with E-state index in [1.165, 1.54) is 18.5 Å². The van der Waals surface area contributed by atoms with Crippen molar-refractivity contribution < 1.29 is 4.79 Å². The van der Waals surface area contributed by atoms with Crippen molar-refractivity contribution in [1.82, 2.24) is 9.97 Å². The lowest BCUT2D eigenvalue weighted by atomic mass is 10.2. The van der Waals surface area contributed by atoms with Crippen LogP contribution in [0.3, 0.4) is 0 Å². The zero-order valence-electron chi connectivity index (χ0n) is 15.9. The average molecular weight is 373 g/mol. The zero-order valence-corrected chi connectivity index (χ0v) is 15.9. The topological polar surface area (TPSA) is 70.2 Å². The lowest BCUT2D eigenvalue weighted by Crippen LogP contribution is -2.18. The van der Waals surface area contributed by atoms with Gasteiger partial charge in [-0.25, -0.2) is 9.97 Å². The molecule has 3 aromatic rings. The van der Waals surface area contributed by atoms with Gasteiger partial charge in [-0.05, 0) is 61.7 Å². The highest BCUT2D eigenvalue weighted by Crippen LogP contribution is 2.22. The Kier molecular flexibility index (Phi) is 5.19. The van der Waals surface area contributed by atoms with Gasteiger partial charge in [0, 0.05) is 36.3 Å². The van der Waals surface area contributed by atoms with Crippen LogP contribution in [-0.2, 0) is 0 Å². The van der Waals surface area contributed by atoms with Crippen LogP contribution in [0.1, 0.15) is 28.9 Å². The average Bonchev–Trinajstić information content (AvgIpc) is 3.25. The lowest BCUT2D eigenvalue weighted by molar-refractivity contribution is 0.102. The molecule has 2 heterocycles. The van der Waals surface area contributed by atoms with Crippen molar-refractivity contribution in [3.05, 3.63) is 72.1 Å². The van der Waals surface area contributed by atoms with Crippen LogP contribution in [0.2, 0.25) is 0 Å². The third-order valence-corrected chi connectivity index (χ3v) is 4.88. The summed E-state index contributed by atoms with van der Waals surface area (Å²) in [6, 6.07) is 17.4. The first-order chi connectivity index (χ1) is 13.7. The van der Waals surface area contributed by atoms with E-state index in [4.69, 9.17) is 0 Å². The molecule has 0 aliphatic carbocycles. The third-order valence-electron chi connectivity index (χ3n) is 4.88. The lowest BCUT2D eigenvalue weighted by Gasteiger charge is -2.17. The molecule has 1 amide bonds. The predicted octanol–water partition coefficient (Wildman–Crippen LogP) is 4.38. The Morgan fingerprint density at radius 3 is 2.50 bits per heavy atom.